The van der Waals surface area contributed by atoms with Crippen LogP contribution in [-0.4, -0.2) is 11.1 Å². The molecule has 0 radical (unpaired) electrons. The Morgan fingerprint density at radius 2 is 2.15 bits per heavy atom. The van der Waals surface area contributed by atoms with E-state index < -0.39 is 0 Å². The first kappa shape index (κ1) is 14.1. The van der Waals surface area contributed by atoms with E-state index in [4.69, 9.17) is 17.3 Å². The van der Waals surface area contributed by atoms with Crippen molar-refractivity contribution in [1.82, 2.24) is 4.57 Å². The highest BCUT2D eigenvalue weighted by Crippen LogP contribution is 2.27. The van der Waals surface area contributed by atoms with E-state index in [9.17, 15) is 0 Å². The van der Waals surface area contributed by atoms with Gasteiger partial charge in [-0.15, -0.1) is 11.3 Å². The van der Waals surface area contributed by atoms with Crippen molar-refractivity contribution in [2.24, 2.45) is 5.73 Å². The summed E-state index contributed by atoms with van der Waals surface area (Å²) in [6.07, 6.45) is 3.08. The normalized spacial score (nSPS) is 11.3. The third kappa shape index (κ3) is 2.79. The van der Waals surface area contributed by atoms with E-state index >= 15 is 0 Å². The monoisotopic (exact) mass is 368 g/mol. The Balaban J connectivity index is 2.06. The van der Waals surface area contributed by atoms with Crippen LogP contribution in [0.3, 0.4) is 0 Å². The van der Waals surface area contributed by atoms with Gasteiger partial charge < -0.3 is 10.3 Å². The Morgan fingerprint density at radius 3 is 2.85 bits per heavy atom. The second-order valence-corrected chi connectivity index (χ2v) is 7.06. The Kier molecular flexibility index (Phi) is 4.17. The van der Waals surface area contributed by atoms with Crippen LogP contribution in [0.1, 0.15) is 10.4 Å². The molecule has 2 N–H and O–H groups in total. The molecule has 0 saturated carbocycles. The number of nitrogens with two attached hydrogens (primary N) is 1. The van der Waals surface area contributed by atoms with E-state index in [1.807, 2.05) is 12.1 Å². The first-order valence-corrected chi connectivity index (χ1v) is 8.42. The van der Waals surface area contributed by atoms with E-state index in [-0.39, 0.29) is 0 Å². The first-order valence-electron chi connectivity index (χ1n) is 6.37. The summed E-state index contributed by atoms with van der Waals surface area (Å²) in [5.41, 5.74) is 8.17. The fourth-order valence-corrected chi connectivity index (χ4v) is 4.05. The van der Waals surface area contributed by atoms with Crippen LogP contribution in [0.4, 0.5) is 0 Å². The molecular weight excluding hydrogens is 356 g/mol. The van der Waals surface area contributed by atoms with Crippen LogP contribution in [0.25, 0.3) is 10.9 Å². The number of thiophene rings is 1. The quantitative estimate of drug-likeness (QED) is 0.712. The van der Waals surface area contributed by atoms with Crippen molar-refractivity contribution < 1.29 is 0 Å². The molecule has 0 bridgehead atoms. The van der Waals surface area contributed by atoms with Gasteiger partial charge >= 0.3 is 0 Å². The molecule has 0 aliphatic rings. The van der Waals surface area contributed by atoms with Crippen molar-refractivity contribution in [3.8, 4) is 0 Å². The van der Waals surface area contributed by atoms with Crippen LogP contribution in [0.5, 0.6) is 0 Å². The van der Waals surface area contributed by atoms with Gasteiger partial charge in [0, 0.05) is 31.3 Å². The lowest BCUT2D eigenvalue weighted by atomic mass is 10.1. The highest BCUT2D eigenvalue weighted by molar-refractivity contribution is 9.10. The summed E-state index contributed by atoms with van der Waals surface area (Å²) in [5.74, 6) is 0. The molecule has 2 heterocycles. The number of hydrogen-bond donors (Lipinski definition) is 1. The molecule has 5 heteroatoms. The number of aromatic nitrogens is 1. The Morgan fingerprint density at radius 1 is 1.30 bits per heavy atom. The Labute approximate surface area is 135 Å². The number of benzene rings is 1. The molecule has 3 aromatic rings. The molecule has 104 valence electrons. The number of hydrogen-bond acceptors (Lipinski definition) is 2. The van der Waals surface area contributed by atoms with Gasteiger partial charge in [0.2, 0.25) is 0 Å². The topological polar surface area (TPSA) is 30.9 Å². The molecule has 0 aliphatic carbocycles. The van der Waals surface area contributed by atoms with E-state index in [1.165, 1.54) is 21.3 Å². The zero-order valence-corrected chi connectivity index (χ0v) is 13.9. The highest BCUT2D eigenvalue weighted by Gasteiger charge is 2.09. The minimum Gasteiger partial charge on any atom is -0.342 e. The first-order chi connectivity index (χ1) is 9.67. The maximum atomic E-state index is 6.14. The largest absolute Gasteiger partial charge is 0.342 e. The molecule has 0 spiro atoms. The predicted octanol–water partition coefficient (Wildman–Crippen LogP) is 4.67. The van der Waals surface area contributed by atoms with Gasteiger partial charge in [-0.2, -0.15) is 0 Å². The Bertz CT molecular complexity index is 747. The third-order valence-electron chi connectivity index (χ3n) is 3.29. The van der Waals surface area contributed by atoms with Gasteiger partial charge in [0.15, 0.2) is 0 Å². The van der Waals surface area contributed by atoms with Crippen LogP contribution < -0.4 is 5.73 Å². The second-order valence-electron chi connectivity index (χ2n) is 4.71. The molecule has 2 aromatic heterocycles. The van der Waals surface area contributed by atoms with Gasteiger partial charge in [-0.1, -0.05) is 17.7 Å². The lowest BCUT2D eigenvalue weighted by Crippen LogP contribution is -2.02. The van der Waals surface area contributed by atoms with E-state index in [2.05, 4.69) is 44.2 Å². The fraction of sp³-hybridized carbons (Fsp3) is 0.200. The van der Waals surface area contributed by atoms with Crippen LogP contribution >= 0.6 is 38.9 Å². The maximum absolute atomic E-state index is 6.14. The van der Waals surface area contributed by atoms with Crippen molar-refractivity contribution >= 4 is 49.8 Å². The van der Waals surface area contributed by atoms with Gasteiger partial charge in [0.25, 0.3) is 0 Å². The number of halogens is 2. The van der Waals surface area contributed by atoms with Crippen molar-refractivity contribution in [3.05, 3.63) is 55.8 Å². The summed E-state index contributed by atoms with van der Waals surface area (Å²) in [6.45, 7) is 1.52. The summed E-state index contributed by atoms with van der Waals surface area (Å²) in [6, 6.07) is 8.21. The lowest BCUT2D eigenvalue weighted by Gasteiger charge is -2.03. The van der Waals surface area contributed by atoms with E-state index in [0.717, 1.165) is 22.5 Å². The molecular formula is C15H14BrClN2S. The van der Waals surface area contributed by atoms with Crippen molar-refractivity contribution in [2.75, 3.05) is 6.54 Å². The summed E-state index contributed by atoms with van der Waals surface area (Å²) in [7, 11) is 0. The predicted molar refractivity (Wildman–Crippen MR) is 90.8 cm³/mol. The van der Waals surface area contributed by atoms with Crippen LogP contribution in [-0.2, 0) is 13.0 Å². The molecule has 0 amide bonds. The average Bonchev–Trinajstić information content (AvgIpc) is 2.96. The molecule has 20 heavy (non-hydrogen) atoms. The minimum absolute atomic E-state index is 0.659. The number of rotatable bonds is 4. The van der Waals surface area contributed by atoms with Gasteiger partial charge in [-0.05, 0) is 52.7 Å². The average molecular weight is 370 g/mol. The lowest BCUT2D eigenvalue weighted by molar-refractivity contribution is 0.840. The van der Waals surface area contributed by atoms with Crippen molar-refractivity contribution in [1.29, 1.82) is 0 Å². The fourth-order valence-electron chi connectivity index (χ4n) is 2.43. The summed E-state index contributed by atoms with van der Waals surface area (Å²) < 4.78 is 3.39. The number of fused-ring (bicyclic) bond motifs is 1. The van der Waals surface area contributed by atoms with Gasteiger partial charge in [-0.25, -0.2) is 0 Å². The summed E-state index contributed by atoms with van der Waals surface area (Å²) in [4.78, 5) is 1.31. The third-order valence-corrected chi connectivity index (χ3v) is 5.21. The highest BCUT2D eigenvalue weighted by atomic mass is 79.9. The van der Waals surface area contributed by atoms with Crippen LogP contribution in [0.15, 0.2) is 40.3 Å². The molecule has 0 saturated heterocycles. The smallest absolute Gasteiger partial charge is 0.0569 e. The minimum atomic E-state index is 0.659. The van der Waals surface area contributed by atoms with E-state index in [0.29, 0.717) is 6.54 Å². The van der Waals surface area contributed by atoms with Crippen LogP contribution in [0.2, 0.25) is 5.02 Å². The molecule has 1 aromatic carbocycles. The SMILES string of the molecule is NCCc1cn(Cc2cc(Br)cs2)c2cc(Cl)ccc12. The molecule has 0 fully saturated rings. The summed E-state index contributed by atoms with van der Waals surface area (Å²) in [5, 5.41) is 4.12. The van der Waals surface area contributed by atoms with Gasteiger partial charge in [0.1, 0.15) is 0 Å². The molecule has 3 rings (SSSR count). The Hall–Kier alpha value is -0.810. The zero-order chi connectivity index (χ0) is 14.1. The summed E-state index contributed by atoms with van der Waals surface area (Å²) >= 11 is 11.4. The second kappa shape index (κ2) is 5.90. The van der Waals surface area contributed by atoms with Crippen molar-refractivity contribution in [2.45, 2.75) is 13.0 Å². The molecule has 0 aliphatic heterocycles. The standard InChI is InChI=1S/C15H14BrClN2S/c16-11-5-13(20-9-11)8-19-7-10(3-4-18)14-2-1-12(17)6-15(14)19/h1-2,5-7,9H,3-4,8,18H2. The molecule has 2 nitrogen and oxygen atoms in total. The van der Waals surface area contributed by atoms with Gasteiger partial charge in [0.05, 0.1) is 12.1 Å². The maximum Gasteiger partial charge on any atom is 0.0569 e. The molecule has 0 unspecified atom stereocenters. The van der Waals surface area contributed by atoms with E-state index in [1.54, 1.807) is 11.3 Å². The molecule has 0 atom stereocenters. The van der Waals surface area contributed by atoms with Gasteiger partial charge in [-0.3, -0.25) is 0 Å². The zero-order valence-electron chi connectivity index (χ0n) is 10.8. The van der Waals surface area contributed by atoms with Crippen LogP contribution in [0, 0.1) is 0 Å². The van der Waals surface area contributed by atoms with Crippen molar-refractivity contribution in [3.63, 3.8) is 0 Å². The number of nitrogens with zero attached hydrogens (tertiary/aromatic N) is 1.